The zero-order valence-corrected chi connectivity index (χ0v) is 13.9. The molecule has 0 aromatic rings. The van der Waals surface area contributed by atoms with Crippen LogP contribution in [-0.4, -0.2) is 34.9 Å². The number of halogens is 1. The fourth-order valence-electron chi connectivity index (χ4n) is 3.29. The first-order valence-electron chi connectivity index (χ1n) is 7.46. The minimum atomic E-state index is -0.0656. The molecule has 4 atom stereocenters. The van der Waals surface area contributed by atoms with E-state index in [0.29, 0.717) is 12.6 Å². The first kappa shape index (κ1) is 15.5. The maximum Gasteiger partial charge on any atom is 0.217 e. The Morgan fingerprint density at radius 1 is 1.32 bits per heavy atom. The molecule has 0 aromatic heterocycles. The second-order valence-corrected chi connectivity index (χ2v) is 6.54. The van der Waals surface area contributed by atoms with Gasteiger partial charge in [-0.3, -0.25) is 0 Å². The van der Waals surface area contributed by atoms with Gasteiger partial charge in [0.1, 0.15) is 5.60 Å². The van der Waals surface area contributed by atoms with E-state index in [1.54, 1.807) is 0 Å². The molecule has 0 radical (unpaired) electrons. The number of hydrogen-bond donors (Lipinski definition) is 0. The van der Waals surface area contributed by atoms with Crippen LogP contribution >= 0.6 is 22.6 Å². The van der Waals surface area contributed by atoms with Gasteiger partial charge in [0.2, 0.25) is 6.54 Å². The fourth-order valence-corrected chi connectivity index (χ4v) is 4.27. The van der Waals surface area contributed by atoms with Gasteiger partial charge >= 0.3 is 0 Å². The minimum Gasteiger partial charge on any atom is -0.372 e. The Morgan fingerprint density at radius 3 is 2.84 bits per heavy atom. The molecule has 2 saturated heterocycles. The summed E-state index contributed by atoms with van der Waals surface area (Å²) >= 11 is 2.44. The Balaban J connectivity index is 1.95. The predicted molar refractivity (Wildman–Crippen MR) is 84.6 cm³/mol. The number of ether oxygens (including phenoxy) is 2. The predicted octanol–water partition coefficient (Wildman–Crippen LogP) is 4.00. The van der Waals surface area contributed by atoms with E-state index in [1.807, 2.05) is 0 Å². The van der Waals surface area contributed by atoms with Crippen LogP contribution in [-0.2, 0) is 9.47 Å². The molecule has 2 heterocycles. The smallest absolute Gasteiger partial charge is 0.217 e. The summed E-state index contributed by atoms with van der Waals surface area (Å²) in [5.41, 5.74) is -0.0656. The van der Waals surface area contributed by atoms with Gasteiger partial charge < -0.3 is 14.3 Å². The maximum atomic E-state index is 6.91. The van der Waals surface area contributed by atoms with Crippen LogP contribution in [0.15, 0.2) is 0 Å². The van der Waals surface area contributed by atoms with E-state index in [9.17, 15) is 0 Å². The molecule has 2 fully saturated rings. The molecule has 19 heavy (non-hydrogen) atoms. The van der Waals surface area contributed by atoms with Crippen molar-refractivity contribution in [1.82, 2.24) is 0 Å². The van der Waals surface area contributed by atoms with Crippen molar-refractivity contribution in [3.05, 3.63) is 11.4 Å². The zero-order chi connectivity index (χ0) is 13.7. The molecule has 0 saturated carbocycles. The van der Waals surface area contributed by atoms with Crippen molar-refractivity contribution >= 4 is 22.6 Å². The topological polar surface area (TPSA) is 22.8 Å². The number of rotatable bonds is 6. The average molecular weight is 377 g/mol. The van der Waals surface area contributed by atoms with Gasteiger partial charge in [-0.05, 0) is 19.3 Å². The SMILES string of the molecule is [C-]#[N+]CC[C@H]1CC[C@@H]2O[C@@H](CCCC)C[C@]2(CI)O1. The van der Waals surface area contributed by atoms with Crippen molar-refractivity contribution in [2.75, 3.05) is 11.0 Å². The summed E-state index contributed by atoms with van der Waals surface area (Å²) in [5.74, 6) is 0. The summed E-state index contributed by atoms with van der Waals surface area (Å²) in [6, 6.07) is 0. The highest BCUT2D eigenvalue weighted by Crippen LogP contribution is 2.44. The van der Waals surface area contributed by atoms with Crippen LogP contribution in [0.3, 0.4) is 0 Å². The number of hydrogen-bond acceptors (Lipinski definition) is 2. The van der Waals surface area contributed by atoms with Crippen molar-refractivity contribution in [2.45, 2.75) is 75.8 Å². The Labute approximate surface area is 130 Å². The van der Waals surface area contributed by atoms with E-state index < -0.39 is 0 Å². The molecule has 0 amide bonds. The highest BCUT2D eigenvalue weighted by atomic mass is 127. The summed E-state index contributed by atoms with van der Waals surface area (Å²) in [5, 5.41) is 0. The third kappa shape index (κ3) is 3.62. The molecule has 0 N–H and O–H groups in total. The van der Waals surface area contributed by atoms with E-state index in [0.717, 1.165) is 30.1 Å². The average Bonchev–Trinajstić information content (AvgIpc) is 2.81. The molecule has 2 aliphatic rings. The van der Waals surface area contributed by atoms with Crippen molar-refractivity contribution in [3.8, 4) is 0 Å². The Bertz CT molecular complexity index is 331. The van der Waals surface area contributed by atoms with Crippen molar-refractivity contribution in [1.29, 1.82) is 0 Å². The van der Waals surface area contributed by atoms with Crippen LogP contribution in [0.25, 0.3) is 4.85 Å². The number of fused-ring (bicyclic) bond motifs is 1. The summed E-state index contributed by atoms with van der Waals surface area (Å²) in [6.45, 7) is 9.73. The van der Waals surface area contributed by atoms with Gasteiger partial charge in [-0.25, -0.2) is 6.57 Å². The molecule has 0 aliphatic carbocycles. The van der Waals surface area contributed by atoms with Gasteiger partial charge in [-0.1, -0.05) is 42.4 Å². The first-order chi connectivity index (χ1) is 9.24. The van der Waals surface area contributed by atoms with E-state index >= 15 is 0 Å². The maximum absolute atomic E-state index is 6.91. The lowest BCUT2D eigenvalue weighted by molar-refractivity contribution is -0.152. The van der Waals surface area contributed by atoms with Crippen LogP contribution in [0.1, 0.15) is 51.9 Å². The van der Waals surface area contributed by atoms with Gasteiger partial charge in [0.15, 0.2) is 0 Å². The largest absolute Gasteiger partial charge is 0.372 e. The Morgan fingerprint density at radius 2 is 2.16 bits per heavy atom. The summed E-state index contributed by atoms with van der Waals surface area (Å²) in [7, 11) is 0. The van der Waals surface area contributed by atoms with Gasteiger partial charge in [0.25, 0.3) is 0 Å². The van der Waals surface area contributed by atoms with Crippen molar-refractivity contribution in [3.63, 3.8) is 0 Å². The lowest BCUT2D eigenvalue weighted by Gasteiger charge is -2.40. The van der Waals surface area contributed by atoms with Crippen LogP contribution in [0.5, 0.6) is 0 Å². The molecule has 0 unspecified atom stereocenters. The number of alkyl halides is 1. The lowest BCUT2D eigenvalue weighted by atomic mass is 9.87. The minimum absolute atomic E-state index is 0.0656. The quantitative estimate of drug-likeness (QED) is 0.397. The molecule has 0 bridgehead atoms. The number of unbranched alkanes of at least 4 members (excludes halogenated alkanes) is 1. The molecule has 0 spiro atoms. The van der Waals surface area contributed by atoms with E-state index in [4.69, 9.17) is 16.0 Å². The summed E-state index contributed by atoms with van der Waals surface area (Å²) in [4.78, 5) is 3.46. The Hall–Kier alpha value is 0.140. The normalized spacial score (nSPS) is 37.8. The molecule has 0 aromatic carbocycles. The first-order valence-corrected chi connectivity index (χ1v) is 8.99. The standard InChI is InChI=1S/C15H24INO2/c1-3-4-5-13-10-15(11-16)14(18-13)7-6-12(19-15)8-9-17-2/h12-14H,3-11H2,1H3/t12-,13+,14+,15-/m1/s1. The third-order valence-electron chi connectivity index (χ3n) is 4.34. The van der Waals surface area contributed by atoms with Gasteiger partial charge in [0.05, 0.1) is 18.3 Å². The highest BCUT2D eigenvalue weighted by Gasteiger charge is 2.52. The molecular weight excluding hydrogens is 353 g/mol. The molecule has 3 nitrogen and oxygen atoms in total. The zero-order valence-electron chi connectivity index (χ0n) is 11.7. The van der Waals surface area contributed by atoms with Gasteiger partial charge in [-0.15, -0.1) is 0 Å². The summed E-state index contributed by atoms with van der Waals surface area (Å²) < 4.78 is 13.6. The van der Waals surface area contributed by atoms with Crippen molar-refractivity contribution in [2.24, 2.45) is 0 Å². The molecular formula is C15H24INO2. The molecule has 2 rings (SSSR count). The van der Waals surface area contributed by atoms with Crippen LogP contribution in [0.4, 0.5) is 0 Å². The monoisotopic (exact) mass is 377 g/mol. The molecule has 108 valence electrons. The van der Waals surface area contributed by atoms with Crippen molar-refractivity contribution < 1.29 is 9.47 Å². The fraction of sp³-hybridized carbons (Fsp3) is 0.933. The highest BCUT2D eigenvalue weighted by molar-refractivity contribution is 14.1. The van der Waals surface area contributed by atoms with Crippen LogP contribution in [0.2, 0.25) is 0 Å². The number of nitrogens with zero attached hydrogens (tertiary/aromatic N) is 1. The third-order valence-corrected chi connectivity index (χ3v) is 5.63. The van der Waals surface area contributed by atoms with Crippen LogP contribution in [0, 0.1) is 6.57 Å². The summed E-state index contributed by atoms with van der Waals surface area (Å²) in [6.07, 6.45) is 8.69. The second kappa shape index (κ2) is 7.24. The molecule has 2 aliphatic heterocycles. The van der Waals surface area contributed by atoms with Crippen LogP contribution < -0.4 is 0 Å². The van der Waals surface area contributed by atoms with E-state index in [2.05, 4.69) is 34.4 Å². The van der Waals surface area contributed by atoms with Gasteiger partial charge in [0, 0.05) is 17.3 Å². The van der Waals surface area contributed by atoms with Gasteiger partial charge in [-0.2, -0.15) is 0 Å². The lowest BCUT2D eigenvalue weighted by Crippen LogP contribution is -2.49. The molecule has 4 heteroatoms. The van der Waals surface area contributed by atoms with E-state index in [1.165, 1.54) is 19.3 Å². The second-order valence-electron chi connectivity index (χ2n) is 5.78. The van der Waals surface area contributed by atoms with E-state index in [-0.39, 0.29) is 17.8 Å². The Kier molecular flexibility index (Phi) is 5.91.